The summed E-state index contributed by atoms with van der Waals surface area (Å²) in [5, 5.41) is 10.3. The topological polar surface area (TPSA) is 38.7 Å². The van der Waals surface area contributed by atoms with Gasteiger partial charge in [-0.1, -0.05) is 13.8 Å². The second-order valence-corrected chi connectivity index (χ2v) is 4.89. The van der Waals surface area contributed by atoms with Crippen molar-refractivity contribution in [2.24, 2.45) is 11.8 Å². The van der Waals surface area contributed by atoms with Gasteiger partial charge >= 0.3 is 0 Å². The van der Waals surface area contributed by atoms with Gasteiger partial charge in [0.05, 0.1) is 20.3 Å². The molecule has 0 saturated heterocycles. The second-order valence-electron chi connectivity index (χ2n) is 4.89. The van der Waals surface area contributed by atoms with E-state index in [1.54, 1.807) is 14.2 Å². The Bertz CT molecular complexity index is 414. The van der Waals surface area contributed by atoms with Gasteiger partial charge < -0.3 is 14.6 Å². The molecule has 0 radical (unpaired) electrons. The summed E-state index contributed by atoms with van der Waals surface area (Å²) < 4.78 is 10.6. The first kappa shape index (κ1) is 12.2. The van der Waals surface area contributed by atoms with E-state index in [9.17, 15) is 5.11 Å². The van der Waals surface area contributed by atoms with E-state index in [-0.39, 0.29) is 5.92 Å². The molecule has 0 bridgehead atoms. The zero-order valence-electron chi connectivity index (χ0n) is 10.9. The van der Waals surface area contributed by atoms with Gasteiger partial charge in [-0.3, -0.25) is 0 Å². The molecular formula is C14H20O3. The molecule has 0 fully saturated rings. The number of rotatable bonds is 2. The maximum Gasteiger partial charge on any atom is 0.161 e. The SMILES string of the molecule is COc1cc2c(cc1OC)[C@@H](O)[C@H](C)[C@H](C)C2. The maximum absolute atomic E-state index is 10.3. The summed E-state index contributed by atoms with van der Waals surface area (Å²) in [6, 6.07) is 3.89. The van der Waals surface area contributed by atoms with E-state index in [1.165, 1.54) is 5.56 Å². The quantitative estimate of drug-likeness (QED) is 0.857. The largest absolute Gasteiger partial charge is 0.493 e. The van der Waals surface area contributed by atoms with E-state index in [1.807, 2.05) is 12.1 Å². The first-order chi connectivity index (χ1) is 8.08. The highest BCUT2D eigenvalue weighted by atomic mass is 16.5. The number of methoxy groups -OCH3 is 2. The van der Waals surface area contributed by atoms with E-state index in [2.05, 4.69) is 13.8 Å². The number of fused-ring (bicyclic) bond motifs is 1. The Kier molecular flexibility index (Phi) is 3.29. The Morgan fingerprint density at radius 3 is 2.29 bits per heavy atom. The van der Waals surface area contributed by atoms with Gasteiger partial charge in [0.25, 0.3) is 0 Å². The Morgan fingerprint density at radius 2 is 1.71 bits per heavy atom. The zero-order valence-corrected chi connectivity index (χ0v) is 10.9. The predicted octanol–water partition coefficient (Wildman–Crippen LogP) is 2.57. The second kappa shape index (κ2) is 4.57. The molecule has 0 heterocycles. The van der Waals surface area contributed by atoms with Crippen molar-refractivity contribution in [2.75, 3.05) is 14.2 Å². The maximum atomic E-state index is 10.3. The van der Waals surface area contributed by atoms with Crippen molar-refractivity contribution < 1.29 is 14.6 Å². The fourth-order valence-corrected chi connectivity index (χ4v) is 2.52. The first-order valence-corrected chi connectivity index (χ1v) is 6.01. The number of hydrogen-bond acceptors (Lipinski definition) is 3. The summed E-state index contributed by atoms with van der Waals surface area (Å²) in [6.45, 7) is 4.27. The van der Waals surface area contributed by atoms with Crippen LogP contribution in [0.15, 0.2) is 12.1 Å². The van der Waals surface area contributed by atoms with Gasteiger partial charge in [-0.15, -0.1) is 0 Å². The van der Waals surface area contributed by atoms with E-state index in [0.717, 1.165) is 17.7 Å². The van der Waals surface area contributed by atoms with Crippen molar-refractivity contribution in [2.45, 2.75) is 26.4 Å². The highest BCUT2D eigenvalue weighted by molar-refractivity contribution is 5.49. The summed E-state index contributed by atoms with van der Waals surface area (Å²) in [5.74, 6) is 2.18. The van der Waals surface area contributed by atoms with Crippen LogP contribution in [0.4, 0.5) is 0 Å². The van der Waals surface area contributed by atoms with E-state index in [4.69, 9.17) is 9.47 Å². The highest BCUT2D eigenvalue weighted by Gasteiger charge is 2.31. The Labute approximate surface area is 102 Å². The van der Waals surface area contributed by atoms with Gasteiger partial charge in [0.15, 0.2) is 11.5 Å². The molecule has 17 heavy (non-hydrogen) atoms. The van der Waals surface area contributed by atoms with E-state index in [0.29, 0.717) is 11.7 Å². The van der Waals surface area contributed by atoms with Crippen LogP contribution in [0.5, 0.6) is 11.5 Å². The summed E-state index contributed by atoms with van der Waals surface area (Å²) >= 11 is 0. The zero-order chi connectivity index (χ0) is 12.6. The average Bonchev–Trinajstić information content (AvgIpc) is 2.34. The van der Waals surface area contributed by atoms with Crippen LogP contribution in [0.1, 0.15) is 31.1 Å². The molecule has 2 rings (SSSR count). The number of benzene rings is 1. The molecule has 1 aromatic rings. The fourth-order valence-electron chi connectivity index (χ4n) is 2.52. The van der Waals surface area contributed by atoms with Crippen molar-refractivity contribution in [1.82, 2.24) is 0 Å². The molecule has 3 nitrogen and oxygen atoms in total. The van der Waals surface area contributed by atoms with Crippen LogP contribution in [-0.2, 0) is 6.42 Å². The third-order valence-corrected chi connectivity index (χ3v) is 3.90. The lowest BCUT2D eigenvalue weighted by Crippen LogP contribution is -2.25. The fraction of sp³-hybridized carbons (Fsp3) is 0.571. The third kappa shape index (κ3) is 2.00. The molecule has 1 N–H and O–H groups in total. The molecule has 1 aromatic carbocycles. The summed E-state index contributed by atoms with van der Waals surface area (Å²) in [4.78, 5) is 0. The minimum absolute atomic E-state index is 0.278. The van der Waals surface area contributed by atoms with Crippen LogP contribution in [0.25, 0.3) is 0 Å². The molecule has 3 atom stereocenters. The molecule has 1 aliphatic carbocycles. The van der Waals surface area contributed by atoms with Gasteiger partial charge in [0, 0.05) is 0 Å². The Morgan fingerprint density at radius 1 is 1.12 bits per heavy atom. The van der Waals surface area contributed by atoms with Crippen molar-refractivity contribution in [3.63, 3.8) is 0 Å². The molecule has 0 amide bonds. The molecular weight excluding hydrogens is 216 g/mol. The third-order valence-electron chi connectivity index (χ3n) is 3.90. The average molecular weight is 236 g/mol. The van der Waals surface area contributed by atoms with Gasteiger partial charge in [-0.05, 0) is 41.5 Å². The van der Waals surface area contributed by atoms with Crippen molar-refractivity contribution >= 4 is 0 Å². The molecule has 0 unspecified atom stereocenters. The van der Waals surface area contributed by atoms with Crippen LogP contribution in [0.2, 0.25) is 0 Å². The van der Waals surface area contributed by atoms with E-state index >= 15 is 0 Å². The standard InChI is InChI=1S/C14H20O3/c1-8-5-10-6-12(16-3)13(17-4)7-11(10)14(15)9(8)2/h6-9,14-15H,5H2,1-4H3/t8-,9-,14+/m1/s1. The van der Waals surface area contributed by atoms with Crippen LogP contribution in [0.3, 0.4) is 0 Å². The Balaban J connectivity index is 2.50. The monoisotopic (exact) mass is 236 g/mol. The van der Waals surface area contributed by atoms with Gasteiger partial charge in [0.2, 0.25) is 0 Å². The molecule has 0 aliphatic heterocycles. The smallest absolute Gasteiger partial charge is 0.161 e. The van der Waals surface area contributed by atoms with Crippen molar-refractivity contribution in [1.29, 1.82) is 0 Å². The number of ether oxygens (including phenoxy) is 2. The van der Waals surface area contributed by atoms with E-state index < -0.39 is 6.10 Å². The number of aliphatic hydroxyl groups is 1. The first-order valence-electron chi connectivity index (χ1n) is 6.01. The van der Waals surface area contributed by atoms with Crippen molar-refractivity contribution in [3.8, 4) is 11.5 Å². The molecule has 0 saturated carbocycles. The molecule has 1 aliphatic rings. The van der Waals surface area contributed by atoms with Crippen molar-refractivity contribution in [3.05, 3.63) is 23.3 Å². The lowest BCUT2D eigenvalue weighted by atomic mass is 9.75. The predicted molar refractivity (Wildman–Crippen MR) is 66.5 cm³/mol. The van der Waals surface area contributed by atoms with Gasteiger partial charge in [-0.25, -0.2) is 0 Å². The highest BCUT2D eigenvalue weighted by Crippen LogP contribution is 2.42. The summed E-state index contributed by atoms with van der Waals surface area (Å²) in [7, 11) is 3.25. The van der Waals surface area contributed by atoms with Crippen LogP contribution >= 0.6 is 0 Å². The molecule has 94 valence electrons. The lowest BCUT2D eigenvalue weighted by molar-refractivity contribution is 0.0752. The summed E-state index contributed by atoms with van der Waals surface area (Å²) in [6.07, 6.45) is 0.571. The lowest BCUT2D eigenvalue weighted by Gasteiger charge is -2.33. The minimum atomic E-state index is -0.409. The number of aliphatic hydroxyl groups excluding tert-OH is 1. The Hall–Kier alpha value is -1.22. The molecule has 3 heteroatoms. The van der Waals surface area contributed by atoms with Crippen LogP contribution < -0.4 is 9.47 Å². The molecule has 0 aromatic heterocycles. The normalized spacial score (nSPS) is 27.5. The summed E-state index contributed by atoms with van der Waals surface area (Å²) in [5.41, 5.74) is 2.15. The number of hydrogen-bond donors (Lipinski definition) is 1. The van der Waals surface area contributed by atoms with Gasteiger partial charge in [0.1, 0.15) is 0 Å². The van der Waals surface area contributed by atoms with Crippen LogP contribution in [-0.4, -0.2) is 19.3 Å². The van der Waals surface area contributed by atoms with Gasteiger partial charge in [-0.2, -0.15) is 0 Å². The minimum Gasteiger partial charge on any atom is -0.493 e. The van der Waals surface area contributed by atoms with Crippen LogP contribution in [0, 0.1) is 11.8 Å². The molecule has 0 spiro atoms.